The van der Waals surface area contributed by atoms with E-state index in [1.807, 2.05) is 18.9 Å². The maximum absolute atomic E-state index is 13.3. The molecule has 1 aromatic carbocycles. The van der Waals surface area contributed by atoms with E-state index >= 15 is 0 Å². The van der Waals surface area contributed by atoms with Crippen LogP contribution in [0, 0.1) is 0 Å². The lowest BCUT2D eigenvalue weighted by molar-refractivity contribution is -0.134. The maximum Gasteiger partial charge on any atom is 0.243 e. The Morgan fingerprint density at radius 2 is 1.91 bits per heavy atom. The Morgan fingerprint density at radius 1 is 1.16 bits per heavy atom. The Hall–Kier alpha value is -1.72. The van der Waals surface area contributed by atoms with E-state index in [1.54, 1.807) is 22.5 Å². The molecule has 0 aliphatic carbocycles. The van der Waals surface area contributed by atoms with E-state index in [1.165, 1.54) is 0 Å². The first-order valence-electron chi connectivity index (χ1n) is 11.7. The van der Waals surface area contributed by atoms with Gasteiger partial charge in [0.2, 0.25) is 15.9 Å². The van der Waals surface area contributed by atoms with Gasteiger partial charge >= 0.3 is 0 Å². The van der Waals surface area contributed by atoms with Gasteiger partial charge in [-0.05, 0) is 51.3 Å². The Labute approximate surface area is 190 Å². The Bertz CT molecular complexity index is 934. The van der Waals surface area contributed by atoms with Crippen LogP contribution in [0.15, 0.2) is 23.1 Å². The van der Waals surface area contributed by atoms with Crippen molar-refractivity contribution in [2.75, 3.05) is 19.7 Å². The average molecular weight is 466 g/mol. The maximum atomic E-state index is 13.3. The minimum atomic E-state index is -3.60. The summed E-state index contributed by atoms with van der Waals surface area (Å²) in [5.41, 5.74) is 4.05. The lowest BCUT2D eigenvalue weighted by Gasteiger charge is -2.39. The second-order valence-corrected chi connectivity index (χ2v) is 10.7. The number of hydrogen-bond acceptors (Lipinski definition) is 7. The Morgan fingerprint density at radius 3 is 2.59 bits per heavy atom. The van der Waals surface area contributed by atoms with Crippen LogP contribution in [0.5, 0.6) is 5.75 Å². The Kier molecular flexibility index (Phi) is 7.06. The van der Waals surface area contributed by atoms with Crippen LogP contribution in [0.25, 0.3) is 0 Å². The van der Waals surface area contributed by atoms with Crippen LogP contribution in [-0.4, -0.2) is 61.6 Å². The van der Waals surface area contributed by atoms with Crippen molar-refractivity contribution in [3.63, 3.8) is 0 Å². The first-order chi connectivity index (χ1) is 15.4. The van der Waals surface area contributed by atoms with Crippen molar-refractivity contribution in [3.05, 3.63) is 23.8 Å². The lowest BCUT2D eigenvalue weighted by Crippen LogP contribution is -2.64. The van der Waals surface area contributed by atoms with Gasteiger partial charge in [-0.2, -0.15) is 4.31 Å². The molecule has 0 spiro atoms. The summed E-state index contributed by atoms with van der Waals surface area (Å²) in [4.78, 5) is 13.2. The van der Waals surface area contributed by atoms with E-state index in [0.717, 1.165) is 32.1 Å². The van der Waals surface area contributed by atoms with E-state index in [-0.39, 0.29) is 29.1 Å². The number of carbonyl (C=O) groups is 1. The summed E-state index contributed by atoms with van der Waals surface area (Å²) in [6, 6.07) is 4.64. The third-order valence-electron chi connectivity index (χ3n) is 6.50. The molecule has 0 saturated carbocycles. The van der Waals surface area contributed by atoms with Gasteiger partial charge in [-0.25, -0.2) is 18.9 Å². The molecule has 4 rings (SSSR count). The predicted octanol–water partition coefficient (Wildman–Crippen LogP) is 1.68. The summed E-state index contributed by atoms with van der Waals surface area (Å²) in [5, 5.41) is 8.51. The second-order valence-electron chi connectivity index (χ2n) is 8.78. The third kappa shape index (κ3) is 4.38. The number of hydrogen-bond donors (Lipinski definition) is 3. The van der Waals surface area contributed by atoms with Gasteiger partial charge in [0.15, 0.2) is 0 Å². The highest BCUT2D eigenvalue weighted by molar-refractivity contribution is 7.89. The monoisotopic (exact) mass is 465 g/mol. The highest BCUT2D eigenvalue weighted by Crippen LogP contribution is 2.33. The molecule has 3 fully saturated rings. The zero-order chi connectivity index (χ0) is 22.9. The van der Waals surface area contributed by atoms with Crippen molar-refractivity contribution >= 4 is 15.9 Å². The number of fused-ring (bicyclic) bond motifs is 1. The minimum absolute atomic E-state index is 0.0113. The van der Waals surface area contributed by atoms with E-state index in [9.17, 15) is 13.2 Å². The molecule has 0 aromatic heterocycles. The molecule has 0 bridgehead atoms. The largest absolute Gasteiger partial charge is 0.493 e. The molecule has 178 valence electrons. The summed E-state index contributed by atoms with van der Waals surface area (Å²) in [7, 11) is -3.60. The number of amides is 1. The highest BCUT2D eigenvalue weighted by Gasteiger charge is 2.47. The van der Waals surface area contributed by atoms with Crippen LogP contribution in [-0.2, 0) is 14.8 Å². The predicted molar refractivity (Wildman–Crippen MR) is 121 cm³/mol. The number of hydrazine groups is 1. The average Bonchev–Trinajstić information content (AvgIpc) is 3.10. The number of nitrogens with zero attached hydrogens (tertiary/aromatic N) is 2. The topological polar surface area (TPSA) is 103 Å². The number of rotatable bonds is 7. The van der Waals surface area contributed by atoms with Crippen LogP contribution in [0.3, 0.4) is 0 Å². The molecule has 4 unspecified atom stereocenters. The number of carbonyl (C=O) groups excluding carboxylic acids is 1. The molecule has 3 heterocycles. The third-order valence-corrected chi connectivity index (χ3v) is 8.40. The first-order valence-corrected chi connectivity index (χ1v) is 13.2. The van der Waals surface area contributed by atoms with Crippen molar-refractivity contribution in [1.29, 1.82) is 0 Å². The van der Waals surface area contributed by atoms with Gasteiger partial charge in [0.1, 0.15) is 18.0 Å². The molecule has 3 saturated heterocycles. The molecule has 3 aliphatic heterocycles. The molecule has 3 N–H and O–H groups in total. The van der Waals surface area contributed by atoms with Crippen molar-refractivity contribution < 1.29 is 17.9 Å². The van der Waals surface area contributed by atoms with Crippen molar-refractivity contribution in [2.24, 2.45) is 0 Å². The number of ether oxygens (including phenoxy) is 1. The van der Waals surface area contributed by atoms with Crippen LogP contribution in [0.2, 0.25) is 0 Å². The zero-order valence-electron chi connectivity index (χ0n) is 19.1. The fraction of sp³-hybridized carbons (Fsp3) is 0.682. The fourth-order valence-corrected chi connectivity index (χ4v) is 6.49. The molecule has 4 atom stereocenters. The molecular formula is C22H35N5O4S. The van der Waals surface area contributed by atoms with Crippen molar-refractivity contribution in [3.8, 4) is 5.75 Å². The van der Waals surface area contributed by atoms with Crippen LogP contribution >= 0.6 is 0 Å². The van der Waals surface area contributed by atoms with Crippen molar-refractivity contribution in [2.45, 2.75) is 82.2 Å². The van der Waals surface area contributed by atoms with Gasteiger partial charge in [0, 0.05) is 24.7 Å². The number of piperidine rings is 1. The van der Waals surface area contributed by atoms with Gasteiger partial charge in [-0.3, -0.25) is 10.1 Å². The first kappa shape index (κ1) is 23.4. The summed E-state index contributed by atoms with van der Waals surface area (Å²) in [6.45, 7) is 7.53. The molecule has 1 aromatic rings. The van der Waals surface area contributed by atoms with Crippen LogP contribution in [0.4, 0.5) is 0 Å². The number of benzene rings is 1. The standard InChI is InChI=1S/C22H35N5O4S/c1-4-9-19-23-15(3)20-22(28)24-21(25-27(19)20)17-14-16(10-11-18(17)31-5-2)32(29,30)26-12-7-6-8-13-26/h10-11,14-15,19-21,23,25H,4-9,12-13H2,1-3H3,(H,24,28). The van der Waals surface area contributed by atoms with Gasteiger partial charge in [-0.15, -0.1) is 0 Å². The lowest BCUT2D eigenvalue weighted by atomic mass is 10.1. The van der Waals surface area contributed by atoms with Crippen molar-refractivity contribution in [1.82, 2.24) is 25.4 Å². The SMILES string of the molecule is CCCC1NC(C)C2C(=O)NC(c3cc(S(=O)(=O)N4CCCCC4)ccc3OCC)NN12. The summed E-state index contributed by atoms with van der Waals surface area (Å²) >= 11 is 0. The van der Waals surface area contributed by atoms with E-state index in [4.69, 9.17) is 4.74 Å². The smallest absolute Gasteiger partial charge is 0.243 e. The van der Waals surface area contributed by atoms with Gasteiger partial charge in [0.25, 0.3) is 0 Å². The molecule has 32 heavy (non-hydrogen) atoms. The summed E-state index contributed by atoms with van der Waals surface area (Å²) < 4.78 is 33.9. The molecular weight excluding hydrogens is 430 g/mol. The Balaban J connectivity index is 1.67. The fourth-order valence-electron chi connectivity index (χ4n) is 4.94. The number of nitrogens with one attached hydrogen (secondary N) is 3. The highest BCUT2D eigenvalue weighted by atomic mass is 32.2. The van der Waals surface area contributed by atoms with E-state index in [2.05, 4.69) is 23.0 Å². The molecule has 10 heteroatoms. The van der Waals surface area contributed by atoms with Crippen LogP contribution in [0.1, 0.15) is 64.6 Å². The summed E-state index contributed by atoms with van der Waals surface area (Å²) in [5.74, 6) is 0.479. The van der Waals surface area contributed by atoms with Crippen LogP contribution < -0.4 is 20.8 Å². The number of sulfonamides is 1. The van der Waals surface area contributed by atoms with E-state index < -0.39 is 16.2 Å². The van der Waals surface area contributed by atoms with Gasteiger partial charge < -0.3 is 10.1 Å². The minimum Gasteiger partial charge on any atom is -0.493 e. The van der Waals surface area contributed by atoms with Gasteiger partial charge in [-0.1, -0.05) is 19.8 Å². The normalized spacial score (nSPS) is 29.5. The molecule has 1 amide bonds. The molecule has 3 aliphatic rings. The van der Waals surface area contributed by atoms with E-state index in [0.29, 0.717) is 31.0 Å². The quantitative estimate of drug-likeness (QED) is 0.563. The summed E-state index contributed by atoms with van der Waals surface area (Å²) in [6.07, 6.45) is 4.15. The second kappa shape index (κ2) is 9.64. The van der Waals surface area contributed by atoms with Gasteiger partial charge in [0.05, 0.1) is 17.7 Å². The molecule has 9 nitrogen and oxygen atoms in total. The molecule has 0 radical (unpaired) electrons. The zero-order valence-corrected chi connectivity index (χ0v) is 20.0.